The zero-order valence-electron chi connectivity index (χ0n) is 13.3. The molecule has 2 aromatic heterocycles. The van der Waals surface area contributed by atoms with Crippen LogP contribution in [0.25, 0.3) is 22.7 Å². The van der Waals surface area contributed by atoms with Crippen molar-refractivity contribution in [1.29, 1.82) is 0 Å². The molecule has 1 aliphatic heterocycles. The van der Waals surface area contributed by atoms with Crippen LogP contribution in [0.5, 0.6) is 0 Å². The van der Waals surface area contributed by atoms with Gasteiger partial charge in [0.25, 0.3) is 0 Å². The third-order valence-electron chi connectivity index (χ3n) is 4.57. The number of halogens is 1. The van der Waals surface area contributed by atoms with Crippen molar-refractivity contribution in [3.05, 3.63) is 56.9 Å². The van der Waals surface area contributed by atoms with E-state index in [-0.39, 0.29) is 0 Å². The van der Waals surface area contributed by atoms with E-state index in [1.54, 1.807) is 11.3 Å². The molecular weight excluding hydrogens is 324 g/mol. The number of rotatable bonds is 2. The Morgan fingerprint density at radius 3 is 2.96 bits per heavy atom. The second-order valence-corrected chi connectivity index (χ2v) is 7.62. The molecule has 0 amide bonds. The van der Waals surface area contributed by atoms with E-state index in [1.165, 1.54) is 32.6 Å². The van der Waals surface area contributed by atoms with E-state index in [1.807, 2.05) is 6.07 Å². The number of fused-ring (bicyclic) bond motifs is 3. The van der Waals surface area contributed by atoms with Gasteiger partial charge in [0.05, 0.1) is 5.52 Å². The topological polar surface area (TPSA) is 8.17 Å². The van der Waals surface area contributed by atoms with Crippen LogP contribution >= 0.6 is 22.9 Å². The first kappa shape index (κ1) is 15.0. The van der Waals surface area contributed by atoms with Gasteiger partial charge in [-0.05, 0) is 54.8 Å². The SMILES string of the molecule is CC(=Cn1c2c(c3cc(Cl)ccc31)CN(C)CC2)c1cccs1. The number of nitrogens with zero attached hydrogens (tertiary/aromatic N) is 2. The molecule has 0 aliphatic carbocycles. The van der Waals surface area contributed by atoms with E-state index in [2.05, 4.69) is 59.3 Å². The molecule has 0 bridgehead atoms. The minimum Gasteiger partial charge on any atom is -0.320 e. The largest absolute Gasteiger partial charge is 0.320 e. The molecule has 0 fully saturated rings. The summed E-state index contributed by atoms with van der Waals surface area (Å²) in [6.45, 7) is 4.28. The number of likely N-dealkylation sites (N-methyl/N-ethyl adjacent to an activating group) is 1. The summed E-state index contributed by atoms with van der Waals surface area (Å²) in [5, 5.41) is 4.23. The van der Waals surface area contributed by atoms with Crippen LogP contribution in [0.15, 0.2) is 35.7 Å². The lowest BCUT2D eigenvalue weighted by molar-refractivity contribution is 0.312. The molecule has 4 rings (SSSR count). The summed E-state index contributed by atoms with van der Waals surface area (Å²) in [6.07, 6.45) is 3.36. The number of allylic oxidation sites excluding steroid dienone is 1. The zero-order valence-corrected chi connectivity index (χ0v) is 14.9. The molecule has 1 aliphatic rings. The molecule has 0 spiro atoms. The normalized spacial score (nSPS) is 16.0. The summed E-state index contributed by atoms with van der Waals surface area (Å²) in [5.74, 6) is 0. The van der Waals surface area contributed by atoms with Crippen LogP contribution in [0.1, 0.15) is 23.1 Å². The maximum atomic E-state index is 6.26. The average molecular weight is 343 g/mol. The highest BCUT2D eigenvalue weighted by atomic mass is 35.5. The number of aromatic nitrogens is 1. The molecule has 4 heteroatoms. The van der Waals surface area contributed by atoms with Gasteiger partial charge in [-0.1, -0.05) is 17.7 Å². The van der Waals surface area contributed by atoms with Crippen LogP contribution in [-0.4, -0.2) is 23.1 Å². The fourth-order valence-electron chi connectivity index (χ4n) is 3.41. The molecule has 3 aromatic rings. The van der Waals surface area contributed by atoms with Crippen molar-refractivity contribution in [2.45, 2.75) is 19.9 Å². The van der Waals surface area contributed by atoms with Gasteiger partial charge < -0.3 is 9.47 Å². The Bertz CT molecular complexity index is 890. The first-order valence-electron chi connectivity index (χ1n) is 7.85. The molecule has 0 N–H and O–H groups in total. The molecule has 2 nitrogen and oxygen atoms in total. The summed E-state index contributed by atoms with van der Waals surface area (Å²) < 4.78 is 2.38. The molecule has 0 radical (unpaired) electrons. The Morgan fingerprint density at radius 2 is 2.17 bits per heavy atom. The van der Waals surface area contributed by atoms with Crippen molar-refractivity contribution in [3.63, 3.8) is 0 Å². The van der Waals surface area contributed by atoms with Crippen LogP contribution in [0.2, 0.25) is 5.02 Å². The minimum atomic E-state index is 0.810. The van der Waals surface area contributed by atoms with E-state index in [0.29, 0.717) is 0 Å². The van der Waals surface area contributed by atoms with Gasteiger partial charge in [-0.3, -0.25) is 0 Å². The van der Waals surface area contributed by atoms with E-state index in [4.69, 9.17) is 11.6 Å². The summed E-state index contributed by atoms with van der Waals surface area (Å²) in [7, 11) is 2.18. The van der Waals surface area contributed by atoms with Crippen LogP contribution < -0.4 is 0 Å². The monoisotopic (exact) mass is 342 g/mol. The summed E-state index contributed by atoms with van der Waals surface area (Å²) in [4.78, 5) is 3.70. The van der Waals surface area contributed by atoms with E-state index < -0.39 is 0 Å². The predicted molar refractivity (Wildman–Crippen MR) is 101 cm³/mol. The van der Waals surface area contributed by atoms with E-state index >= 15 is 0 Å². The van der Waals surface area contributed by atoms with E-state index in [9.17, 15) is 0 Å². The van der Waals surface area contributed by atoms with Crippen LogP contribution in [-0.2, 0) is 13.0 Å². The number of thiophene rings is 1. The Labute approximate surface area is 145 Å². The quantitative estimate of drug-likeness (QED) is 0.608. The molecule has 1 aromatic carbocycles. The van der Waals surface area contributed by atoms with Gasteiger partial charge in [0, 0.05) is 46.7 Å². The molecule has 0 saturated heterocycles. The number of hydrogen-bond donors (Lipinski definition) is 0. The van der Waals surface area contributed by atoms with Gasteiger partial charge in [0.1, 0.15) is 0 Å². The zero-order chi connectivity index (χ0) is 16.0. The standard InChI is InChI=1S/C19H19ClN2S/c1-13(19-4-3-9-23-19)11-22-17-6-5-14(20)10-15(17)16-12-21(2)8-7-18(16)22/h3-6,9-11H,7-8,12H2,1-2H3. The fraction of sp³-hybridized carbons (Fsp3) is 0.263. The summed E-state index contributed by atoms with van der Waals surface area (Å²) in [5.41, 5.74) is 5.40. The Kier molecular flexibility index (Phi) is 3.80. The van der Waals surface area contributed by atoms with Gasteiger partial charge >= 0.3 is 0 Å². The molecule has 0 atom stereocenters. The van der Waals surface area contributed by atoms with Crippen LogP contribution in [0.4, 0.5) is 0 Å². The van der Waals surface area contributed by atoms with Crippen LogP contribution in [0, 0.1) is 0 Å². The van der Waals surface area contributed by atoms with Crippen molar-refractivity contribution < 1.29 is 0 Å². The maximum Gasteiger partial charge on any atom is 0.0529 e. The molecule has 23 heavy (non-hydrogen) atoms. The van der Waals surface area contributed by atoms with Crippen molar-refractivity contribution in [2.75, 3.05) is 13.6 Å². The maximum absolute atomic E-state index is 6.26. The minimum absolute atomic E-state index is 0.810. The van der Waals surface area contributed by atoms with Crippen molar-refractivity contribution in [2.24, 2.45) is 0 Å². The highest BCUT2D eigenvalue weighted by molar-refractivity contribution is 7.11. The van der Waals surface area contributed by atoms with Crippen molar-refractivity contribution in [3.8, 4) is 0 Å². The molecule has 0 saturated carbocycles. The van der Waals surface area contributed by atoms with Gasteiger partial charge in [-0.25, -0.2) is 0 Å². The van der Waals surface area contributed by atoms with Gasteiger partial charge in [-0.2, -0.15) is 0 Å². The first-order valence-corrected chi connectivity index (χ1v) is 9.11. The Balaban J connectivity index is 1.94. The van der Waals surface area contributed by atoms with Crippen LogP contribution in [0.3, 0.4) is 0 Å². The lowest BCUT2D eigenvalue weighted by atomic mass is 10.1. The second-order valence-electron chi connectivity index (χ2n) is 6.23. The average Bonchev–Trinajstić information content (AvgIpc) is 3.15. The summed E-state index contributed by atoms with van der Waals surface area (Å²) >= 11 is 8.04. The lowest BCUT2D eigenvalue weighted by Gasteiger charge is -2.23. The van der Waals surface area contributed by atoms with Crippen molar-refractivity contribution >= 4 is 45.6 Å². The lowest BCUT2D eigenvalue weighted by Crippen LogP contribution is -2.26. The summed E-state index contributed by atoms with van der Waals surface area (Å²) in [6, 6.07) is 10.5. The highest BCUT2D eigenvalue weighted by Crippen LogP contribution is 2.34. The predicted octanol–water partition coefficient (Wildman–Crippen LogP) is 5.36. The fourth-order valence-corrected chi connectivity index (χ4v) is 4.28. The molecule has 3 heterocycles. The molecular formula is C19H19ClN2S. The number of benzene rings is 1. The van der Waals surface area contributed by atoms with Gasteiger partial charge in [0.15, 0.2) is 0 Å². The first-order chi connectivity index (χ1) is 11.1. The van der Waals surface area contributed by atoms with E-state index in [0.717, 1.165) is 24.5 Å². The molecule has 0 unspecified atom stereocenters. The Morgan fingerprint density at radius 1 is 1.30 bits per heavy atom. The third kappa shape index (κ3) is 2.63. The number of hydrogen-bond acceptors (Lipinski definition) is 2. The van der Waals surface area contributed by atoms with Gasteiger partial charge in [-0.15, -0.1) is 11.3 Å². The Hall–Kier alpha value is -1.55. The van der Waals surface area contributed by atoms with Crippen molar-refractivity contribution in [1.82, 2.24) is 9.47 Å². The second kappa shape index (κ2) is 5.82. The van der Waals surface area contributed by atoms with Gasteiger partial charge in [0.2, 0.25) is 0 Å². The highest BCUT2D eigenvalue weighted by Gasteiger charge is 2.22. The molecule has 118 valence electrons. The third-order valence-corrected chi connectivity index (χ3v) is 5.81. The smallest absolute Gasteiger partial charge is 0.0529 e.